The summed E-state index contributed by atoms with van der Waals surface area (Å²) in [5, 5.41) is 4.31. The average molecular weight is 396 g/mol. The predicted molar refractivity (Wildman–Crippen MR) is 96.7 cm³/mol. The van der Waals surface area contributed by atoms with E-state index in [1.807, 2.05) is 20.8 Å². The van der Waals surface area contributed by atoms with Gasteiger partial charge in [-0.15, -0.1) is 0 Å². The molecule has 0 amide bonds. The molecular formula is C19H20F4N4O. The van der Waals surface area contributed by atoms with Gasteiger partial charge in [-0.2, -0.15) is 18.3 Å². The Kier molecular flexibility index (Phi) is 4.81. The zero-order chi connectivity index (χ0) is 20.9. The van der Waals surface area contributed by atoms with E-state index in [0.717, 1.165) is 12.1 Å². The van der Waals surface area contributed by atoms with Gasteiger partial charge in [-0.05, 0) is 30.0 Å². The van der Waals surface area contributed by atoms with Gasteiger partial charge in [0, 0.05) is 0 Å². The number of rotatable bonds is 3. The Labute approximate surface area is 158 Å². The van der Waals surface area contributed by atoms with E-state index in [9.17, 15) is 22.4 Å². The Morgan fingerprint density at radius 1 is 1.14 bits per heavy atom. The van der Waals surface area contributed by atoms with Crippen molar-refractivity contribution < 1.29 is 17.6 Å². The second-order valence-corrected chi connectivity index (χ2v) is 7.76. The van der Waals surface area contributed by atoms with Crippen LogP contribution in [0.15, 0.2) is 29.1 Å². The van der Waals surface area contributed by atoms with Crippen molar-refractivity contribution in [2.24, 2.45) is 5.41 Å². The summed E-state index contributed by atoms with van der Waals surface area (Å²) in [6, 6.07) is 4.19. The number of halogens is 4. The molecule has 0 bridgehead atoms. The van der Waals surface area contributed by atoms with Crippen LogP contribution in [0.25, 0.3) is 11.0 Å². The second-order valence-electron chi connectivity index (χ2n) is 7.76. The van der Waals surface area contributed by atoms with Crippen molar-refractivity contribution in [3.05, 3.63) is 57.3 Å². The van der Waals surface area contributed by atoms with Gasteiger partial charge in [-0.25, -0.2) is 14.1 Å². The molecule has 0 aliphatic heterocycles. The number of hydrogen-bond donors (Lipinski definition) is 1. The second kappa shape index (κ2) is 6.72. The molecule has 0 radical (unpaired) electrons. The molecule has 0 saturated carbocycles. The summed E-state index contributed by atoms with van der Waals surface area (Å²) in [4.78, 5) is 19.2. The van der Waals surface area contributed by atoms with Crippen molar-refractivity contribution in [2.45, 2.75) is 46.6 Å². The minimum Gasteiger partial charge on any atom is -0.310 e. The van der Waals surface area contributed by atoms with Crippen LogP contribution in [0.2, 0.25) is 0 Å². The highest BCUT2D eigenvalue weighted by atomic mass is 19.4. The zero-order valence-corrected chi connectivity index (χ0v) is 15.9. The molecule has 9 heteroatoms. The highest BCUT2D eigenvalue weighted by molar-refractivity contribution is 5.77. The number of aromatic amines is 1. The largest absolute Gasteiger partial charge is 0.416 e. The Morgan fingerprint density at radius 3 is 2.25 bits per heavy atom. The molecule has 0 aliphatic carbocycles. The van der Waals surface area contributed by atoms with Gasteiger partial charge in [0.1, 0.15) is 23.6 Å². The van der Waals surface area contributed by atoms with Gasteiger partial charge in [0.25, 0.3) is 5.56 Å². The van der Waals surface area contributed by atoms with Crippen LogP contribution in [0.3, 0.4) is 0 Å². The first kappa shape index (κ1) is 20.0. The third-order valence-corrected chi connectivity index (χ3v) is 4.50. The van der Waals surface area contributed by atoms with Gasteiger partial charge < -0.3 is 4.98 Å². The summed E-state index contributed by atoms with van der Waals surface area (Å²) >= 11 is 0. The van der Waals surface area contributed by atoms with Crippen LogP contribution in [0.1, 0.15) is 49.5 Å². The molecule has 3 rings (SSSR count). The van der Waals surface area contributed by atoms with Gasteiger partial charge in [0.2, 0.25) is 0 Å². The summed E-state index contributed by atoms with van der Waals surface area (Å²) in [6.07, 6.45) is -4.44. The number of aryl methyl sites for hydroxylation is 1. The molecule has 0 saturated heterocycles. The van der Waals surface area contributed by atoms with Gasteiger partial charge in [-0.1, -0.05) is 32.9 Å². The Hall–Kier alpha value is -2.71. The van der Waals surface area contributed by atoms with E-state index in [-0.39, 0.29) is 16.7 Å². The number of hydrogen-bond acceptors (Lipinski definition) is 3. The van der Waals surface area contributed by atoms with Crippen molar-refractivity contribution in [1.82, 2.24) is 19.7 Å². The lowest BCUT2D eigenvalue weighted by Crippen LogP contribution is -2.27. The maximum atomic E-state index is 13.5. The third kappa shape index (κ3) is 3.53. The number of fused-ring (bicyclic) bond motifs is 1. The van der Waals surface area contributed by atoms with Crippen molar-refractivity contribution in [2.75, 3.05) is 0 Å². The van der Waals surface area contributed by atoms with E-state index in [1.165, 1.54) is 16.8 Å². The molecule has 0 unspecified atom stereocenters. The first-order valence-electron chi connectivity index (χ1n) is 8.64. The fraction of sp³-hybridized carbons (Fsp3) is 0.421. The molecule has 1 N–H and O–H groups in total. The molecule has 0 spiro atoms. The smallest absolute Gasteiger partial charge is 0.310 e. The molecule has 0 fully saturated rings. The van der Waals surface area contributed by atoms with Crippen LogP contribution in [0.5, 0.6) is 0 Å². The van der Waals surface area contributed by atoms with E-state index < -0.39 is 35.4 Å². The fourth-order valence-electron chi connectivity index (χ4n) is 3.36. The minimum absolute atomic E-state index is 0.0502. The first-order valence-corrected chi connectivity index (χ1v) is 8.64. The summed E-state index contributed by atoms with van der Waals surface area (Å²) in [5.41, 5.74) is -1.07. The van der Waals surface area contributed by atoms with E-state index in [2.05, 4.69) is 15.1 Å². The molecule has 2 aromatic heterocycles. The average Bonchev–Trinajstić information content (AvgIpc) is 2.92. The number of nitrogens with zero attached hydrogens (tertiary/aromatic N) is 3. The highest BCUT2D eigenvalue weighted by Crippen LogP contribution is 2.39. The molecular weight excluding hydrogens is 376 g/mol. The quantitative estimate of drug-likeness (QED) is 0.661. The molecule has 1 atom stereocenters. The van der Waals surface area contributed by atoms with E-state index >= 15 is 0 Å². The third-order valence-electron chi connectivity index (χ3n) is 4.50. The van der Waals surface area contributed by atoms with Crippen LogP contribution < -0.4 is 5.56 Å². The van der Waals surface area contributed by atoms with Gasteiger partial charge in [-0.3, -0.25) is 4.79 Å². The lowest BCUT2D eigenvalue weighted by Gasteiger charge is -2.31. The molecule has 0 aliphatic rings. The maximum Gasteiger partial charge on any atom is 0.416 e. The Bertz CT molecular complexity index is 1060. The number of aromatic nitrogens is 4. The van der Waals surface area contributed by atoms with Crippen LogP contribution in [-0.2, 0) is 12.9 Å². The van der Waals surface area contributed by atoms with Crippen LogP contribution in [0.4, 0.5) is 17.6 Å². The zero-order valence-electron chi connectivity index (χ0n) is 15.9. The number of alkyl halides is 4. The minimum atomic E-state index is -4.44. The molecule has 1 aromatic carbocycles. The van der Waals surface area contributed by atoms with Crippen LogP contribution in [-0.4, -0.2) is 19.7 Å². The molecule has 2 heterocycles. The molecule has 3 aromatic rings. The van der Waals surface area contributed by atoms with E-state index in [0.29, 0.717) is 11.4 Å². The van der Waals surface area contributed by atoms with Gasteiger partial charge >= 0.3 is 6.18 Å². The fourth-order valence-corrected chi connectivity index (χ4v) is 3.36. The molecule has 5 nitrogen and oxygen atoms in total. The normalized spacial score (nSPS) is 13.9. The van der Waals surface area contributed by atoms with Crippen molar-refractivity contribution in [3.8, 4) is 0 Å². The monoisotopic (exact) mass is 396 g/mol. The summed E-state index contributed by atoms with van der Waals surface area (Å²) in [6.45, 7) is 6.30. The predicted octanol–water partition coefficient (Wildman–Crippen LogP) is 4.55. The lowest BCUT2D eigenvalue weighted by atomic mass is 9.82. The summed E-state index contributed by atoms with van der Waals surface area (Å²) in [5.74, 6) is 0.337. The van der Waals surface area contributed by atoms with E-state index in [4.69, 9.17) is 0 Å². The first-order chi connectivity index (χ1) is 12.9. The van der Waals surface area contributed by atoms with Crippen molar-refractivity contribution in [3.63, 3.8) is 0 Å². The standard InChI is InChI=1S/C19H20F4N4O/c1-10-24-16-14(17(28)25-10)13(9-20)26-27(16)15(18(2,3)4)11-5-7-12(8-6-11)19(21,22)23/h5-8,15H,9H2,1-4H3,(H,24,25,28)/t15-/m1/s1. The van der Waals surface area contributed by atoms with Crippen LogP contribution in [0, 0.1) is 12.3 Å². The Balaban J connectivity index is 2.26. The van der Waals surface area contributed by atoms with Crippen molar-refractivity contribution in [1.29, 1.82) is 0 Å². The molecule has 28 heavy (non-hydrogen) atoms. The topological polar surface area (TPSA) is 63.6 Å². The van der Waals surface area contributed by atoms with Gasteiger partial charge in [0.05, 0.1) is 11.6 Å². The SMILES string of the molecule is Cc1nc2c(c(CF)nn2[C@H](c2ccc(C(F)(F)F)cc2)C(C)(C)C)c(=O)[nH]1. The lowest BCUT2D eigenvalue weighted by molar-refractivity contribution is -0.137. The molecule has 150 valence electrons. The summed E-state index contributed by atoms with van der Waals surface area (Å²) < 4.78 is 53.7. The Morgan fingerprint density at radius 2 is 1.75 bits per heavy atom. The number of benzene rings is 1. The van der Waals surface area contributed by atoms with E-state index in [1.54, 1.807) is 6.92 Å². The number of nitrogens with one attached hydrogen (secondary N) is 1. The van der Waals surface area contributed by atoms with Crippen LogP contribution >= 0.6 is 0 Å². The summed E-state index contributed by atoms with van der Waals surface area (Å²) in [7, 11) is 0. The van der Waals surface area contributed by atoms with Crippen molar-refractivity contribution >= 4 is 11.0 Å². The maximum absolute atomic E-state index is 13.5. The number of H-pyrrole nitrogens is 1. The van der Waals surface area contributed by atoms with Gasteiger partial charge in [0.15, 0.2) is 5.65 Å². The highest BCUT2D eigenvalue weighted by Gasteiger charge is 2.34.